The maximum absolute atomic E-state index is 4.70. The molecule has 0 heterocycles. The zero-order valence-electron chi connectivity index (χ0n) is 34.1. The summed E-state index contributed by atoms with van der Waals surface area (Å²) < 4.78 is 0. The highest BCUT2D eigenvalue weighted by atomic mass is 14.4. The lowest BCUT2D eigenvalue weighted by Gasteiger charge is -2.34. The van der Waals surface area contributed by atoms with Crippen LogP contribution in [-0.4, -0.2) is 0 Å². The summed E-state index contributed by atoms with van der Waals surface area (Å²) in [7, 11) is 0. The molecule has 0 heteroatoms. The van der Waals surface area contributed by atoms with E-state index in [1.165, 1.54) is 82.4 Å². The highest BCUT2D eigenvalue weighted by Crippen LogP contribution is 2.44. The smallest absolute Gasteiger partial charge is 0.0429 e. The van der Waals surface area contributed by atoms with E-state index in [0.29, 0.717) is 0 Å². The predicted octanol–water partition coefficient (Wildman–Crippen LogP) is 15.7. The zero-order valence-corrected chi connectivity index (χ0v) is 34.1. The Bertz CT molecular complexity index is 3000. The molecule has 0 fully saturated rings. The van der Waals surface area contributed by atoms with Gasteiger partial charge >= 0.3 is 0 Å². The molecule has 0 aliphatic rings. The van der Waals surface area contributed by atoms with Crippen molar-refractivity contribution >= 4 is 43.5 Å². The summed E-state index contributed by atoms with van der Waals surface area (Å²) in [6.45, 7) is 11.4. The Balaban J connectivity index is 1.14. The molecule has 9 aromatic carbocycles. The molecule has 0 unspecified atom stereocenters. The third kappa shape index (κ3) is 7.02. The minimum absolute atomic E-state index is 0.379. The Morgan fingerprint density at radius 1 is 0.508 bits per heavy atom. The lowest BCUT2D eigenvalue weighted by Crippen LogP contribution is -2.26. The van der Waals surface area contributed by atoms with Gasteiger partial charge in [-0.05, 0) is 138 Å². The first kappa shape index (κ1) is 37.6. The molecule has 0 atom stereocenters. The number of allylic oxidation sites excluding steroid dienone is 5. The predicted molar refractivity (Wildman–Crippen MR) is 255 cm³/mol. The second-order valence-electron chi connectivity index (χ2n) is 15.8. The van der Waals surface area contributed by atoms with Crippen molar-refractivity contribution in [1.29, 1.82) is 0 Å². The van der Waals surface area contributed by atoms with E-state index in [0.717, 1.165) is 23.1 Å². The Morgan fingerprint density at radius 2 is 1.05 bits per heavy atom. The lowest BCUT2D eigenvalue weighted by molar-refractivity contribution is 0.690. The summed E-state index contributed by atoms with van der Waals surface area (Å²) in [6.07, 6.45) is 7.61. The molecule has 0 aliphatic carbocycles. The Kier molecular flexibility index (Phi) is 10.2. The van der Waals surface area contributed by atoms with Crippen LogP contribution in [0.5, 0.6) is 0 Å². The van der Waals surface area contributed by atoms with Crippen LogP contribution >= 0.6 is 0 Å². The van der Waals surface area contributed by atoms with Crippen molar-refractivity contribution in [3.8, 4) is 11.1 Å². The quantitative estimate of drug-likeness (QED) is 0.0741. The number of rotatable bonds is 10. The van der Waals surface area contributed by atoms with E-state index in [9.17, 15) is 0 Å². The molecule has 0 radical (unpaired) electrons. The van der Waals surface area contributed by atoms with Gasteiger partial charge in [0.2, 0.25) is 0 Å². The van der Waals surface area contributed by atoms with Gasteiger partial charge in [-0.2, -0.15) is 0 Å². The van der Waals surface area contributed by atoms with Gasteiger partial charge in [-0.3, -0.25) is 0 Å². The molecule has 0 spiro atoms. The van der Waals surface area contributed by atoms with Gasteiger partial charge in [0.1, 0.15) is 0 Å². The highest BCUT2D eigenvalue weighted by Gasteiger charge is 2.33. The highest BCUT2D eigenvalue weighted by molar-refractivity contribution is 6.23. The van der Waals surface area contributed by atoms with Gasteiger partial charge in [0.15, 0.2) is 0 Å². The van der Waals surface area contributed by atoms with E-state index >= 15 is 0 Å². The van der Waals surface area contributed by atoms with Gasteiger partial charge < -0.3 is 0 Å². The summed E-state index contributed by atoms with van der Waals surface area (Å²) in [5, 5.41) is 7.53. The maximum atomic E-state index is 4.70. The van der Waals surface area contributed by atoms with E-state index in [4.69, 9.17) is 6.58 Å². The molecule has 0 nitrogen and oxygen atoms in total. The van der Waals surface area contributed by atoms with Crippen molar-refractivity contribution in [1.82, 2.24) is 0 Å². The van der Waals surface area contributed by atoms with Crippen LogP contribution in [-0.2, 0) is 11.8 Å². The van der Waals surface area contributed by atoms with Crippen molar-refractivity contribution < 1.29 is 0 Å². The third-order valence-corrected chi connectivity index (χ3v) is 12.4. The molecular formula is C59H48. The van der Waals surface area contributed by atoms with Gasteiger partial charge in [0.05, 0.1) is 0 Å². The molecule has 284 valence electrons. The number of aryl methyl sites for hydroxylation is 1. The summed E-state index contributed by atoms with van der Waals surface area (Å²) in [4.78, 5) is 0. The van der Waals surface area contributed by atoms with E-state index in [2.05, 4.69) is 233 Å². The molecule has 9 rings (SSSR count). The monoisotopic (exact) mass is 756 g/mol. The van der Waals surface area contributed by atoms with E-state index < -0.39 is 0 Å². The Hall–Kier alpha value is -7.02. The number of hydrogen-bond donors (Lipinski definition) is 0. The summed E-state index contributed by atoms with van der Waals surface area (Å²) in [5.74, 6) is 0. The number of fused-ring (bicyclic) bond motifs is 5. The van der Waals surface area contributed by atoms with E-state index in [1.807, 2.05) is 0 Å². The lowest BCUT2D eigenvalue weighted by atomic mass is 9.69. The third-order valence-electron chi connectivity index (χ3n) is 12.4. The fourth-order valence-corrected chi connectivity index (χ4v) is 9.12. The second kappa shape index (κ2) is 16.1. The summed E-state index contributed by atoms with van der Waals surface area (Å²) >= 11 is 0. The fourth-order valence-electron chi connectivity index (χ4n) is 9.12. The standard InChI is InChI=1S/C59H48/c1-5-44(35-34-42(3)49-27-19-20-32-58(49)59(4,47-23-11-7-12-24-47)48-25-13-8-14-26-48)54-39-56-53-31-18-16-29-51(53)55(40-57(56)52-30-17-15-28-50(52)54)45-36-33-41(2)46(38-45)37-43-21-9-6-10-22-43/h5-36,38-40H,3,37H2,1-2,4H3/b35-34-,44-5+. The van der Waals surface area contributed by atoms with Gasteiger partial charge in [0, 0.05) is 5.41 Å². The first-order chi connectivity index (χ1) is 28.9. The van der Waals surface area contributed by atoms with Crippen LogP contribution in [0.15, 0.2) is 219 Å². The van der Waals surface area contributed by atoms with Gasteiger partial charge in [0.25, 0.3) is 0 Å². The first-order valence-electron chi connectivity index (χ1n) is 20.7. The molecule has 0 amide bonds. The second-order valence-corrected chi connectivity index (χ2v) is 15.8. The minimum Gasteiger partial charge on any atom is -0.0911 e. The van der Waals surface area contributed by atoms with Crippen LogP contribution in [0.25, 0.3) is 54.6 Å². The van der Waals surface area contributed by atoms with Gasteiger partial charge in [-0.15, -0.1) is 0 Å². The summed E-state index contributed by atoms with van der Waals surface area (Å²) in [6, 6.07) is 70.9. The molecule has 0 aliphatic heterocycles. The Labute approximate surface area is 349 Å². The fraction of sp³-hybridized carbons (Fsp3) is 0.0847. The van der Waals surface area contributed by atoms with Crippen molar-refractivity contribution in [3.05, 3.63) is 263 Å². The molecule has 0 saturated carbocycles. The van der Waals surface area contributed by atoms with Crippen molar-refractivity contribution in [2.75, 3.05) is 0 Å². The van der Waals surface area contributed by atoms with E-state index in [1.54, 1.807) is 0 Å². The van der Waals surface area contributed by atoms with Crippen molar-refractivity contribution in [2.45, 2.75) is 32.6 Å². The first-order valence-corrected chi connectivity index (χ1v) is 20.7. The average Bonchev–Trinajstić information content (AvgIpc) is 3.30. The largest absolute Gasteiger partial charge is 0.0911 e. The SMILES string of the molecule is C=C(/C=C\C(=C/C)c1cc2c3ccccc3c(-c3ccc(C)c(Cc4ccccc4)c3)cc2c2ccccc12)c1ccccc1C(C)(c1ccccc1)c1ccccc1. The van der Waals surface area contributed by atoms with Crippen LogP contribution < -0.4 is 0 Å². The molecule has 0 N–H and O–H groups in total. The maximum Gasteiger partial charge on any atom is 0.0429 e. The minimum atomic E-state index is -0.379. The van der Waals surface area contributed by atoms with E-state index in [-0.39, 0.29) is 5.41 Å². The van der Waals surface area contributed by atoms with Crippen LogP contribution in [0.3, 0.4) is 0 Å². The molecule has 0 aromatic heterocycles. The van der Waals surface area contributed by atoms with Crippen LogP contribution in [0, 0.1) is 6.92 Å². The van der Waals surface area contributed by atoms with Crippen molar-refractivity contribution in [2.24, 2.45) is 0 Å². The Morgan fingerprint density at radius 3 is 1.71 bits per heavy atom. The molecule has 0 bridgehead atoms. The zero-order chi connectivity index (χ0) is 40.3. The van der Waals surface area contributed by atoms with Gasteiger partial charge in [-0.25, -0.2) is 0 Å². The average molecular weight is 757 g/mol. The number of hydrogen-bond acceptors (Lipinski definition) is 0. The molecule has 9 aromatic rings. The molecular weight excluding hydrogens is 709 g/mol. The molecule has 59 heavy (non-hydrogen) atoms. The normalized spacial score (nSPS) is 12.2. The molecule has 0 saturated heterocycles. The van der Waals surface area contributed by atoms with Crippen LogP contribution in [0.4, 0.5) is 0 Å². The van der Waals surface area contributed by atoms with Crippen LogP contribution in [0.1, 0.15) is 58.4 Å². The van der Waals surface area contributed by atoms with Crippen molar-refractivity contribution in [3.63, 3.8) is 0 Å². The topological polar surface area (TPSA) is 0 Å². The van der Waals surface area contributed by atoms with Crippen LogP contribution in [0.2, 0.25) is 0 Å². The summed E-state index contributed by atoms with van der Waals surface area (Å²) in [5.41, 5.74) is 14.3. The number of benzene rings is 9. The van der Waals surface area contributed by atoms with Gasteiger partial charge in [-0.1, -0.05) is 207 Å².